The van der Waals surface area contributed by atoms with Crippen molar-refractivity contribution in [1.82, 2.24) is 4.90 Å². The van der Waals surface area contributed by atoms with Crippen LogP contribution in [0.5, 0.6) is 11.5 Å². The summed E-state index contributed by atoms with van der Waals surface area (Å²) in [4.78, 5) is 2.42. The summed E-state index contributed by atoms with van der Waals surface area (Å²) in [5.74, 6) is 1.45. The van der Waals surface area contributed by atoms with Gasteiger partial charge in [0.1, 0.15) is 0 Å². The van der Waals surface area contributed by atoms with Crippen molar-refractivity contribution in [2.24, 2.45) is 0 Å². The second-order valence-corrected chi connectivity index (χ2v) is 6.28. The van der Waals surface area contributed by atoms with Gasteiger partial charge in [-0.25, -0.2) is 0 Å². The molecule has 0 N–H and O–H groups in total. The Morgan fingerprint density at radius 3 is 2.90 bits per heavy atom. The van der Waals surface area contributed by atoms with Crippen LogP contribution in [0, 0.1) is 0 Å². The summed E-state index contributed by atoms with van der Waals surface area (Å²) in [5.41, 5.74) is 1.16. The van der Waals surface area contributed by atoms with Crippen LogP contribution in [0.1, 0.15) is 25.8 Å². The smallest absolute Gasteiger partial charge is 0.179 e. The number of morpholine rings is 1. The SMILES string of the molecule is CC1CN(Cc2cc(Cl)c3c(c2)OCCCO3)C(C)CO1. The van der Waals surface area contributed by atoms with Crippen LogP contribution < -0.4 is 9.47 Å². The maximum atomic E-state index is 6.35. The Bertz CT molecular complexity index is 509. The summed E-state index contributed by atoms with van der Waals surface area (Å²) >= 11 is 6.35. The molecule has 2 aliphatic heterocycles. The zero-order chi connectivity index (χ0) is 14.8. The first-order chi connectivity index (χ1) is 10.1. The van der Waals surface area contributed by atoms with Crippen LogP contribution >= 0.6 is 11.6 Å². The van der Waals surface area contributed by atoms with Crippen molar-refractivity contribution in [3.8, 4) is 11.5 Å². The molecule has 3 rings (SSSR count). The van der Waals surface area contributed by atoms with Crippen LogP contribution in [-0.4, -0.2) is 43.4 Å². The normalized spacial score (nSPS) is 26.4. The summed E-state index contributed by atoms with van der Waals surface area (Å²) in [5, 5.41) is 0.637. The van der Waals surface area contributed by atoms with E-state index in [0.29, 0.717) is 30.0 Å². The molecular formula is C16H22ClNO3. The van der Waals surface area contributed by atoms with E-state index in [9.17, 15) is 0 Å². The predicted molar refractivity (Wildman–Crippen MR) is 82.3 cm³/mol. The molecule has 21 heavy (non-hydrogen) atoms. The third-order valence-electron chi connectivity index (χ3n) is 3.98. The van der Waals surface area contributed by atoms with Gasteiger partial charge in [0.15, 0.2) is 11.5 Å². The minimum Gasteiger partial charge on any atom is -0.489 e. The second-order valence-electron chi connectivity index (χ2n) is 5.88. The molecule has 2 atom stereocenters. The molecule has 0 aromatic heterocycles. The number of hydrogen-bond acceptors (Lipinski definition) is 4. The topological polar surface area (TPSA) is 30.9 Å². The fraction of sp³-hybridized carbons (Fsp3) is 0.625. The molecular weight excluding hydrogens is 290 g/mol. The zero-order valence-corrected chi connectivity index (χ0v) is 13.4. The number of fused-ring (bicyclic) bond motifs is 1. The van der Waals surface area contributed by atoms with Crippen LogP contribution in [0.25, 0.3) is 0 Å². The molecule has 1 saturated heterocycles. The highest BCUT2D eigenvalue weighted by Gasteiger charge is 2.24. The van der Waals surface area contributed by atoms with E-state index in [1.807, 2.05) is 6.07 Å². The molecule has 2 heterocycles. The number of benzene rings is 1. The van der Waals surface area contributed by atoms with Crippen LogP contribution in [0.4, 0.5) is 0 Å². The molecule has 5 heteroatoms. The molecule has 2 unspecified atom stereocenters. The molecule has 0 amide bonds. The van der Waals surface area contributed by atoms with Crippen LogP contribution in [0.3, 0.4) is 0 Å². The molecule has 1 fully saturated rings. The van der Waals surface area contributed by atoms with Gasteiger partial charge in [-0.3, -0.25) is 4.90 Å². The van der Waals surface area contributed by atoms with Crippen molar-refractivity contribution in [3.05, 3.63) is 22.7 Å². The Balaban J connectivity index is 1.79. The number of nitrogens with zero attached hydrogens (tertiary/aromatic N) is 1. The van der Waals surface area contributed by atoms with Gasteiger partial charge in [0.2, 0.25) is 0 Å². The largest absolute Gasteiger partial charge is 0.489 e. The first-order valence-corrected chi connectivity index (χ1v) is 7.95. The Labute approximate surface area is 130 Å². The van der Waals surface area contributed by atoms with E-state index < -0.39 is 0 Å². The van der Waals surface area contributed by atoms with Gasteiger partial charge in [-0.15, -0.1) is 0 Å². The first-order valence-electron chi connectivity index (χ1n) is 7.57. The number of hydrogen-bond donors (Lipinski definition) is 0. The molecule has 116 valence electrons. The maximum absolute atomic E-state index is 6.35. The lowest BCUT2D eigenvalue weighted by Crippen LogP contribution is -2.46. The van der Waals surface area contributed by atoms with Crippen molar-refractivity contribution >= 4 is 11.6 Å². The predicted octanol–water partition coefficient (Wildman–Crippen LogP) is 3.11. The molecule has 0 bridgehead atoms. The molecule has 2 aliphatic rings. The van der Waals surface area contributed by atoms with E-state index in [1.54, 1.807) is 0 Å². The van der Waals surface area contributed by atoms with Crippen molar-refractivity contribution in [2.45, 2.75) is 39.0 Å². The van der Waals surface area contributed by atoms with E-state index in [2.05, 4.69) is 24.8 Å². The Morgan fingerprint density at radius 1 is 1.24 bits per heavy atom. The van der Waals surface area contributed by atoms with Crippen LogP contribution in [0.2, 0.25) is 5.02 Å². The Morgan fingerprint density at radius 2 is 2.05 bits per heavy atom. The summed E-state index contributed by atoms with van der Waals surface area (Å²) in [7, 11) is 0. The first kappa shape index (κ1) is 14.9. The van der Waals surface area contributed by atoms with Gasteiger partial charge in [0.05, 0.1) is 30.9 Å². The lowest BCUT2D eigenvalue weighted by molar-refractivity contribution is -0.0526. The lowest BCUT2D eigenvalue weighted by Gasteiger charge is -2.36. The van der Waals surface area contributed by atoms with E-state index in [-0.39, 0.29) is 6.10 Å². The molecule has 0 saturated carbocycles. The zero-order valence-electron chi connectivity index (χ0n) is 12.6. The Kier molecular flexibility index (Phi) is 4.57. The van der Waals surface area contributed by atoms with Gasteiger partial charge in [-0.05, 0) is 31.5 Å². The summed E-state index contributed by atoms with van der Waals surface area (Å²) in [6.07, 6.45) is 1.16. The molecule has 0 radical (unpaired) electrons. The average Bonchev–Trinajstić information content (AvgIpc) is 2.68. The monoisotopic (exact) mass is 311 g/mol. The molecule has 1 aromatic rings. The highest BCUT2D eigenvalue weighted by molar-refractivity contribution is 6.32. The summed E-state index contributed by atoms with van der Waals surface area (Å²) in [6.45, 7) is 8.20. The minimum absolute atomic E-state index is 0.275. The summed E-state index contributed by atoms with van der Waals surface area (Å²) in [6, 6.07) is 4.46. The van der Waals surface area contributed by atoms with Crippen molar-refractivity contribution in [2.75, 3.05) is 26.4 Å². The van der Waals surface area contributed by atoms with E-state index in [4.69, 9.17) is 25.8 Å². The molecule has 4 nitrogen and oxygen atoms in total. The standard InChI is InChI=1S/C16H22ClNO3/c1-11-10-21-12(2)8-18(11)9-13-6-14(17)16-15(7-13)19-4-3-5-20-16/h6-7,11-12H,3-5,8-10H2,1-2H3. The lowest BCUT2D eigenvalue weighted by atomic mass is 10.1. The third-order valence-corrected chi connectivity index (χ3v) is 4.27. The fourth-order valence-corrected chi connectivity index (χ4v) is 3.09. The fourth-order valence-electron chi connectivity index (χ4n) is 2.80. The van der Waals surface area contributed by atoms with E-state index in [1.165, 1.54) is 0 Å². The number of ether oxygens (including phenoxy) is 3. The maximum Gasteiger partial charge on any atom is 0.179 e. The highest BCUT2D eigenvalue weighted by Crippen LogP contribution is 2.38. The van der Waals surface area contributed by atoms with Gasteiger partial charge in [0, 0.05) is 25.6 Å². The second kappa shape index (κ2) is 6.42. The van der Waals surface area contributed by atoms with Gasteiger partial charge >= 0.3 is 0 Å². The number of rotatable bonds is 2. The van der Waals surface area contributed by atoms with Crippen LogP contribution in [-0.2, 0) is 11.3 Å². The third kappa shape index (κ3) is 3.44. The van der Waals surface area contributed by atoms with Crippen LogP contribution in [0.15, 0.2) is 12.1 Å². The highest BCUT2D eigenvalue weighted by atomic mass is 35.5. The van der Waals surface area contributed by atoms with Crippen molar-refractivity contribution < 1.29 is 14.2 Å². The number of halogens is 1. The van der Waals surface area contributed by atoms with Crippen molar-refractivity contribution in [3.63, 3.8) is 0 Å². The molecule has 0 aliphatic carbocycles. The van der Waals surface area contributed by atoms with Gasteiger partial charge < -0.3 is 14.2 Å². The summed E-state index contributed by atoms with van der Waals surface area (Å²) < 4.78 is 17.1. The quantitative estimate of drug-likeness (QED) is 0.840. The molecule has 0 spiro atoms. The minimum atomic E-state index is 0.275. The van der Waals surface area contributed by atoms with Crippen molar-refractivity contribution in [1.29, 1.82) is 0 Å². The van der Waals surface area contributed by atoms with Gasteiger partial charge in [-0.1, -0.05) is 11.6 Å². The van der Waals surface area contributed by atoms with E-state index in [0.717, 1.165) is 37.4 Å². The van der Waals surface area contributed by atoms with E-state index >= 15 is 0 Å². The molecule has 1 aromatic carbocycles. The van der Waals surface area contributed by atoms with Gasteiger partial charge in [0.25, 0.3) is 0 Å². The Hall–Kier alpha value is -0.970. The average molecular weight is 312 g/mol. The van der Waals surface area contributed by atoms with Gasteiger partial charge in [-0.2, -0.15) is 0 Å².